The van der Waals surface area contributed by atoms with E-state index in [1.165, 1.54) is 0 Å². The predicted molar refractivity (Wildman–Crippen MR) is 97.7 cm³/mol. The molecule has 7 N–H and O–H groups in total. The van der Waals surface area contributed by atoms with E-state index in [4.69, 9.17) is 21.3 Å². The van der Waals surface area contributed by atoms with Gasteiger partial charge in [-0.25, -0.2) is 0 Å². The first kappa shape index (κ1) is 16.1. The standard InChI is InChI=1S/C17H17N7O/c1-10(18)21-13-6-2-11(3-7-13)15-23-24-16(25-15)12-4-8-14(9-5-12)22-17(19)20/h2-9,21H,1,18H2,(H4,19,20,22). The Morgan fingerprint density at radius 1 is 0.840 bits per heavy atom. The van der Waals surface area contributed by atoms with Crippen LogP contribution >= 0.6 is 0 Å². The lowest BCUT2D eigenvalue weighted by atomic mass is 10.2. The first-order valence-electron chi connectivity index (χ1n) is 7.38. The summed E-state index contributed by atoms with van der Waals surface area (Å²) in [6.45, 7) is 3.59. The number of rotatable bonds is 5. The summed E-state index contributed by atoms with van der Waals surface area (Å²) in [5.74, 6) is 1.07. The average molecular weight is 335 g/mol. The van der Waals surface area contributed by atoms with E-state index in [9.17, 15) is 0 Å². The lowest BCUT2D eigenvalue weighted by molar-refractivity contribution is 0.584. The third kappa shape index (κ3) is 3.94. The van der Waals surface area contributed by atoms with Gasteiger partial charge in [-0.3, -0.25) is 5.41 Å². The van der Waals surface area contributed by atoms with Gasteiger partial charge in [0.05, 0.1) is 5.82 Å². The minimum Gasteiger partial charge on any atom is -0.416 e. The van der Waals surface area contributed by atoms with Gasteiger partial charge in [-0.2, -0.15) is 0 Å². The fourth-order valence-electron chi connectivity index (χ4n) is 2.19. The molecule has 3 aromatic rings. The largest absolute Gasteiger partial charge is 0.416 e. The zero-order chi connectivity index (χ0) is 17.8. The normalized spacial score (nSPS) is 10.2. The van der Waals surface area contributed by atoms with Gasteiger partial charge in [-0.1, -0.05) is 6.58 Å². The number of hydrogen-bond acceptors (Lipinski definition) is 6. The maximum absolute atomic E-state index is 7.21. The van der Waals surface area contributed by atoms with Crippen LogP contribution in [-0.4, -0.2) is 16.2 Å². The van der Waals surface area contributed by atoms with Gasteiger partial charge in [0.15, 0.2) is 5.96 Å². The van der Waals surface area contributed by atoms with E-state index in [2.05, 4.69) is 27.4 Å². The second kappa shape index (κ2) is 6.75. The average Bonchev–Trinajstić information content (AvgIpc) is 3.05. The van der Waals surface area contributed by atoms with E-state index >= 15 is 0 Å². The first-order valence-corrected chi connectivity index (χ1v) is 7.38. The number of nitrogens with two attached hydrogens (primary N) is 2. The minimum atomic E-state index is -0.121. The SMILES string of the molecule is C=C(N)Nc1ccc(-c2nnc(-c3ccc(NC(=N)N)cc3)o2)cc1. The van der Waals surface area contributed by atoms with Gasteiger partial charge in [0.25, 0.3) is 0 Å². The Hall–Kier alpha value is -3.81. The molecule has 0 unspecified atom stereocenters. The van der Waals surface area contributed by atoms with Crippen LogP contribution in [0.5, 0.6) is 0 Å². The number of anilines is 2. The van der Waals surface area contributed by atoms with Crippen molar-refractivity contribution in [1.29, 1.82) is 5.41 Å². The van der Waals surface area contributed by atoms with Crippen LogP contribution < -0.4 is 22.1 Å². The molecule has 3 rings (SSSR count). The molecule has 0 saturated carbocycles. The van der Waals surface area contributed by atoms with Crippen molar-refractivity contribution in [3.05, 3.63) is 60.9 Å². The fourth-order valence-corrected chi connectivity index (χ4v) is 2.19. The summed E-state index contributed by atoms with van der Waals surface area (Å²) in [5.41, 5.74) is 13.9. The van der Waals surface area contributed by atoms with E-state index in [-0.39, 0.29) is 5.96 Å². The molecule has 8 heteroatoms. The zero-order valence-corrected chi connectivity index (χ0v) is 13.3. The molecule has 0 saturated heterocycles. The second-order valence-corrected chi connectivity index (χ2v) is 5.26. The smallest absolute Gasteiger partial charge is 0.248 e. The number of nitrogens with zero attached hydrogens (tertiary/aromatic N) is 2. The van der Waals surface area contributed by atoms with Gasteiger partial charge in [0.2, 0.25) is 11.8 Å². The summed E-state index contributed by atoms with van der Waals surface area (Å²) >= 11 is 0. The highest BCUT2D eigenvalue weighted by Gasteiger charge is 2.10. The lowest BCUT2D eigenvalue weighted by Gasteiger charge is -2.04. The van der Waals surface area contributed by atoms with Crippen molar-refractivity contribution in [2.24, 2.45) is 11.5 Å². The van der Waals surface area contributed by atoms with Crippen LogP contribution in [0.2, 0.25) is 0 Å². The molecule has 0 aliphatic carbocycles. The highest BCUT2D eigenvalue weighted by molar-refractivity contribution is 5.89. The quantitative estimate of drug-likeness (QED) is 0.356. The van der Waals surface area contributed by atoms with Crippen molar-refractivity contribution < 1.29 is 4.42 Å². The minimum absolute atomic E-state index is 0.121. The van der Waals surface area contributed by atoms with Crippen LogP contribution in [0.15, 0.2) is 65.3 Å². The van der Waals surface area contributed by atoms with Gasteiger partial charge in [-0.15, -0.1) is 10.2 Å². The Kier molecular flexibility index (Phi) is 4.34. The molecule has 0 bridgehead atoms. The number of nitrogens with one attached hydrogen (secondary N) is 3. The third-order valence-electron chi connectivity index (χ3n) is 3.27. The van der Waals surface area contributed by atoms with E-state index in [1.54, 1.807) is 12.1 Å². The van der Waals surface area contributed by atoms with Crippen LogP contribution in [0.1, 0.15) is 0 Å². The van der Waals surface area contributed by atoms with Crippen LogP contribution in [0.3, 0.4) is 0 Å². The molecule has 0 atom stereocenters. The molecule has 1 heterocycles. The van der Waals surface area contributed by atoms with Gasteiger partial charge < -0.3 is 26.5 Å². The molecule has 0 radical (unpaired) electrons. The number of benzene rings is 2. The summed E-state index contributed by atoms with van der Waals surface area (Å²) in [4.78, 5) is 0. The van der Waals surface area contributed by atoms with Crippen molar-refractivity contribution in [2.75, 3.05) is 10.6 Å². The topological polar surface area (TPSA) is 139 Å². The van der Waals surface area contributed by atoms with E-state index < -0.39 is 0 Å². The van der Waals surface area contributed by atoms with Crippen molar-refractivity contribution in [1.82, 2.24) is 10.2 Å². The van der Waals surface area contributed by atoms with Gasteiger partial charge in [0.1, 0.15) is 0 Å². The molecule has 0 aliphatic rings. The van der Waals surface area contributed by atoms with Crippen LogP contribution in [0.4, 0.5) is 11.4 Å². The third-order valence-corrected chi connectivity index (χ3v) is 3.27. The summed E-state index contributed by atoms with van der Waals surface area (Å²) in [6.07, 6.45) is 0. The molecule has 2 aromatic carbocycles. The van der Waals surface area contributed by atoms with Crippen molar-refractivity contribution in [2.45, 2.75) is 0 Å². The Morgan fingerprint density at radius 3 is 1.68 bits per heavy atom. The molecular formula is C17H17N7O. The number of aromatic nitrogens is 2. The summed E-state index contributed by atoms with van der Waals surface area (Å²) in [7, 11) is 0. The highest BCUT2D eigenvalue weighted by atomic mass is 16.4. The van der Waals surface area contributed by atoms with Crippen molar-refractivity contribution in [3.8, 4) is 22.9 Å². The molecule has 0 spiro atoms. The van der Waals surface area contributed by atoms with Gasteiger partial charge in [-0.05, 0) is 48.5 Å². The van der Waals surface area contributed by atoms with Gasteiger partial charge in [0, 0.05) is 22.5 Å². The molecule has 0 aliphatic heterocycles. The molecule has 25 heavy (non-hydrogen) atoms. The monoisotopic (exact) mass is 335 g/mol. The number of hydrogen-bond donors (Lipinski definition) is 5. The molecule has 8 nitrogen and oxygen atoms in total. The second-order valence-electron chi connectivity index (χ2n) is 5.26. The van der Waals surface area contributed by atoms with Crippen molar-refractivity contribution in [3.63, 3.8) is 0 Å². The summed E-state index contributed by atoms with van der Waals surface area (Å²) in [6, 6.07) is 14.6. The Balaban J connectivity index is 1.77. The Labute approximate surface area is 144 Å². The summed E-state index contributed by atoms with van der Waals surface area (Å²) < 4.78 is 5.73. The maximum Gasteiger partial charge on any atom is 0.248 e. The van der Waals surface area contributed by atoms with Crippen LogP contribution in [0, 0.1) is 5.41 Å². The molecule has 1 aromatic heterocycles. The van der Waals surface area contributed by atoms with Gasteiger partial charge >= 0.3 is 0 Å². The molecule has 126 valence electrons. The zero-order valence-electron chi connectivity index (χ0n) is 13.3. The molecule has 0 fully saturated rings. The molecule has 0 amide bonds. The highest BCUT2D eigenvalue weighted by Crippen LogP contribution is 2.25. The number of guanidine groups is 1. The summed E-state index contributed by atoms with van der Waals surface area (Å²) in [5, 5.41) is 21.0. The molecular weight excluding hydrogens is 318 g/mol. The lowest BCUT2D eigenvalue weighted by Crippen LogP contribution is -2.20. The fraction of sp³-hybridized carbons (Fsp3) is 0. The van der Waals surface area contributed by atoms with Crippen LogP contribution in [-0.2, 0) is 0 Å². The Bertz CT molecular complexity index is 824. The van der Waals surface area contributed by atoms with E-state index in [0.717, 1.165) is 16.8 Å². The van der Waals surface area contributed by atoms with E-state index in [0.29, 0.717) is 23.3 Å². The van der Waals surface area contributed by atoms with Crippen molar-refractivity contribution >= 4 is 17.3 Å². The van der Waals surface area contributed by atoms with E-state index in [1.807, 2.05) is 36.4 Å². The predicted octanol–water partition coefficient (Wildman–Crippen LogP) is 2.55. The Morgan fingerprint density at radius 2 is 1.28 bits per heavy atom. The van der Waals surface area contributed by atoms with Crippen LogP contribution in [0.25, 0.3) is 22.9 Å². The first-order chi connectivity index (χ1) is 12.0. The maximum atomic E-state index is 7.21.